The van der Waals surface area contributed by atoms with E-state index in [4.69, 9.17) is 22.2 Å². The van der Waals surface area contributed by atoms with Gasteiger partial charge in [0.1, 0.15) is 29.4 Å². The van der Waals surface area contributed by atoms with Crippen LogP contribution in [-0.4, -0.2) is 62.3 Å². The number of carboxylic acids is 1. The number of thioether (sulfide) groups is 1. The van der Waals surface area contributed by atoms with E-state index in [9.17, 15) is 19.5 Å². The van der Waals surface area contributed by atoms with Gasteiger partial charge in [0.25, 0.3) is 11.8 Å². The van der Waals surface area contributed by atoms with Crippen LogP contribution in [0.1, 0.15) is 38.3 Å². The van der Waals surface area contributed by atoms with Crippen LogP contribution in [0.2, 0.25) is 0 Å². The van der Waals surface area contributed by atoms with Crippen molar-refractivity contribution in [3.8, 4) is 0 Å². The molecule has 1 aromatic heterocycles. The van der Waals surface area contributed by atoms with E-state index in [1.807, 2.05) is 0 Å². The van der Waals surface area contributed by atoms with Gasteiger partial charge in [0, 0.05) is 11.1 Å². The summed E-state index contributed by atoms with van der Waals surface area (Å²) in [6.07, 6.45) is 3.96. The summed E-state index contributed by atoms with van der Waals surface area (Å²) in [5.41, 5.74) is 5.56. The normalized spacial score (nSPS) is 20.9. The number of nitrogens with two attached hydrogens (primary N) is 1. The van der Waals surface area contributed by atoms with Crippen LogP contribution in [-0.2, 0) is 19.2 Å². The average molecular weight is 488 g/mol. The summed E-state index contributed by atoms with van der Waals surface area (Å²) in [7, 11) is 0. The van der Waals surface area contributed by atoms with Crippen LogP contribution in [0.5, 0.6) is 0 Å². The Labute approximate surface area is 191 Å². The SMILES string of the molecule is CCCCCCON=C(C(=O)NC1C(=O)N2C(C(=O)O)=C(Cl)CS[C@@H]12)c1csc(N)n1. The van der Waals surface area contributed by atoms with Crippen molar-refractivity contribution >= 4 is 63.3 Å². The molecule has 0 aliphatic carbocycles. The first-order chi connectivity index (χ1) is 14.8. The summed E-state index contributed by atoms with van der Waals surface area (Å²) < 4.78 is 0. The van der Waals surface area contributed by atoms with E-state index in [0.717, 1.165) is 41.9 Å². The van der Waals surface area contributed by atoms with Crippen LogP contribution in [0.15, 0.2) is 21.3 Å². The molecule has 0 spiro atoms. The van der Waals surface area contributed by atoms with Gasteiger partial charge in [-0.3, -0.25) is 14.5 Å². The second-order valence-corrected chi connectivity index (χ2v) is 9.28. The predicted octanol–water partition coefficient (Wildman–Crippen LogP) is 1.96. The highest BCUT2D eigenvalue weighted by Crippen LogP contribution is 2.41. The van der Waals surface area contributed by atoms with E-state index >= 15 is 0 Å². The summed E-state index contributed by atoms with van der Waals surface area (Å²) in [6, 6.07) is -0.914. The number of aliphatic carboxylic acids is 1. The van der Waals surface area contributed by atoms with Crippen molar-refractivity contribution in [1.29, 1.82) is 0 Å². The first-order valence-corrected chi connectivity index (χ1v) is 11.9. The molecule has 3 rings (SSSR count). The van der Waals surface area contributed by atoms with Crippen LogP contribution in [0, 0.1) is 0 Å². The number of unbranched alkanes of at least 4 members (excludes halogenated alkanes) is 3. The van der Waals surface area contributed by atoms with E-state index in [1.54, 1.807) is 5.38 Å². The van der Waals surface area contributed by atoms with Gasteiger partial charge in [-0.05, 0) is 12.8 Å². The topological polar surface area (TPSA) is 147 Å². The molecular weight excluding hydrogens is 466 g/mol. The van der Waals surface area contributed by atoms with E-state index in [0.29, 0.717) is 6.61 Å². The fourth-order valence-electron chi connectivity index (χ4n) is 3.10. The number of hydrogen-bond donors (Lipinski definition) is 3. The highest BCUT2D eigenvalue weighted by Gasteiger charge is 2.54. The third kappa shape index (κ3) is 5.13. The minimum Gasteiger partial charge on any atom is -0.477 e. The molecule has 2 aliphatic heterocycles. The van der Waals surface area contributed by atoms with Gasteiger partial charge >= 0.3 is 5.97 Å². The van der Waals surface area contributed by atoms with E-state index in [-0.39, 0.29) is 33.0 Å². The third-order valence-corrected chi connectivity index (χ3v) is 7.06. The number of nitrogens with one attached hydrogen (secondary N) is 1. The summed E-state index contributed by atoms with van der Waals surface area (Å²) in [6.45, 7) is 2.45. The fraction of sp³-hybridized carbons (Fsp3) is 0.500. The number of anilines is 1. The Bertz CT molecular complexity index is 934. The number of carboxylic acid groups (broad SMARTS) is 1. The van der Waals surface area contributed by atoms with Crippen molar-refractivity contribution in [3.05, 3.63) is 21.8 Å². The second-order valence-electron chi connectivity index (χ2n) is 6.82. The monoisotopic (exact) mass is 487 g/mol. The van der Waals surface area contributed by atoms with Crippen LogP contribution in [0.25, 0.3) is 0 Å². The quantitative estimate of drug-likeness (QED) is 0.196. The number of halogens is 1. The summed E-state index contributed by atoms with van der Waals surface area (Å²) in [5.74, 6) is -2.27. The highest BCUT2D eigenvalue weighted by atomic mass is 35.5. The van der Waals surface area contributed by atoms with E-state index in [1.165, 1.54) is 11.8 Å². The molecule has 10 nitrogen and oxygen atoms in total. The second kappa shape index (κ2) is 10.3. The number of rotatable bonds is 10. The molecule has 1 fully saturated rings. The van der Waals surface area contributed by atoms with Gasteiger partial charge in [0.15, 0.2) is 10.8 Å². The first kappa shape index (κ1) is 23.4. The van der Waals surface area contributed by atoms with Gasteiger partial charge in [-0.15, -0.1) is 23.1 Å². The first-order valence-electron chi connectivity index (χ1n) is 9.64. The van der Waals surface area contributed by atoms with Crippen LogP contribution in [0.3, 0.4) is 0 Å². The zero-order valence-electron chi connectivity index (χ0n) is 16.7. The molecule has 1 unspecified atom stereocenters. The van der Waals surface area contributed by atoms with Crippen LogP contribution >= 0.6 is 34.7 Å². The molecule has 4 N–H and O–H groups in total. The lowest BCUT2D eigenvalue weighted by molar-refractivity contribution is -0.150. The van der Waals surface area contributed by atoms with Crippen molar-refractivity contribution in [2.45, 2.75) is 44.0 Å². The number of nitrogens with zero attached hydrogens (tertiary/aromatic N) is 3. The van der Waals surface area contributed by atoms with Crippen LogP contribution < -0.4 is 11.1 Å². The lowest BCUT2D eigenvalue weighted by atomic mass is 10.0. The molecule has 2 aliphatic rings. The van der Waals surface area contributed by atoms with Gasteiger partial charge in [0.2, 0.25) is 0 Å². The number of hydrogen-bond acceptors (Lipinski definition) is 9. The molecule has 31 heavy (non-hydrogen) atoms. The number of nitrogen functional groups attached to an aromatic ring is 1. The molecule has 1 saturated heterocycles. The van der Waals surface area contributed by atoms with Gasteiger partial charge in [-0.1, -0.05) is 36.5 Å². The smallest absolute Gasteiger partial charge is 0.353 e. The number of thiazole rings is 1. The minimum absolute atomic E-state index is 0.0866. The molecular formula is C18H22ClN5O5S2. The molecule has 0 bridgehead atoms. The lowest BCUT2D eigenvalue weighted by Gasteiger charge is -2.48. The number of fused-ring (bicyclic) bond motifs is 1. The largest absolute Gasteiger partial charge is 0.477 e. The van der Waals surface area contributed by atoms with Crippen molar-refractivity contribution in [3.63, 3.8) is 0 Å². The highest BCUT2D eigenvalue weighted by molar-refractivity contribution is 8.00. The zero-order valence-corrected chi connectivity index (χ0v) is 19.1. The Morgan fingerprint density at radius 2 is 2.23 bits per heavy atom. The van der Waals surface area contributed by atoms with Gasteiger partial charge in [0.05, 0.1) is 5.03 Å². The molecule has 2 amide bonds. The van der Waals surface area contributed by atoms with Crippen molar-refractivity contribution in [2.24, 2.45) is 5.16 Å². The molecule has 13 heteroatoms. The van der Waals surface area contributed by atoms with Crippen molar-refractivity contribution in [1.82, 2.24) is 15.2 Å². The Balaban J connectivity index is 1.70. The maximum Gasteiger partial charge on any atom is 0.353 e. The standard InChI is InChI=1S/C18H22ClN5O5S2/c1-2-3-4-5-6-29-23-11(10-8-31-18(20)21-10)14(25)22-12-15(26)24-13(17(27)28)9(19)7-30-16(12)24/h8,12,16H,2-7H2,1H3,(H2,20,21)(H,22,25)(H,27,28)/t12?,16-/m0/s1. The number of amides is 2. The van der Waals surface area contributed by atoms with Gasteiger partial charge in [-0.25, -0.2) is 9.78 Å². The average Bonchev–Trinajstić information content (AvgIpc) is 3.16. The summed E-state index contributed by atoms with van der Waals surface area (Å²) in [5, 5.41) is 17.2. The number of oxime groups is 1. The fourth-order valence-corrected chi connectivity index (χ4v) is 5.19. The molecule has 0 radical (unpaired) electrons. The Hall–Kier alpha value is -2.31. The summed E-state index contributed by atoms with van der Waals surface area (Å²) >= 11 is 8.38. The Kier molecular flexibility index (Phi) is 7.79. The molecule has 3 heterocycles. The third-order valence-electron chi connectivity index (χ3n) is 4.64. The Morgan fingerprint density at radius 1 is 1.45 bits per heavy atom. The minimum atomic E-state index is -1.29. The summed E-state index contributed by atoms with van der Waals surface area (Å²) in [4.78, 5) is 47.4. The molecule has 1 aromatic rings. The van der Waals surface area contributed by atoms with E-state index < -0.39 is 29.2 Å². The zero-order chi connectivity index (χ0) is 22.5. The predicted molar refractivity (Wildman–Crippen MR) is 119 cm³/mol. The maximum atomic E-state index is 12.9. The van der Waals surface area contributed by atoms with Crippen LogP contribution in [0.4, 0.5) is 5.13 Å². The Morgan fingerprint density at radius 3 is 2.87 bits per heavy atom. The van der Waals surface area contributed by atoms with Crippen molar-refractivity contribution < 1.29 is 24.3 Å². The number of carbonyl (C=O) groups is 3. The number of aromatic nitrogens is 1. The van der Waals surface area contributed by atoms with E-state index in [2.05, 4.69) is 22.4 Å². The molecule has 0 saturated carbocycles. The number of β-lactam (4-membered cyclic amide) rings is 1. The lowest BCUT2D eigenvalue weighted by Crippen LogP contribution is -2.71. The van der Waals surface area contributed by atoms with Gasteiger partial charge in [-0.2, -0.15) is 0 Å². The molecule has 0 aromatic carbocycles. The van der Waals surface area contributed by atoms with Crippen molar-refractivity contribution in [2.75, 3.05) is 18.1 Å². The molecule has 2 atom stereocenters. The van der Waals surface area contributed by atoms with Gasteiger partial charge < -0.3 is 21.0 Å². The molecule has 168 valence electrons. The number of carbonyl (C=O) groups excluding carboxylic acids is 2. The maximum absolute atomic E-state index is 12.9.